The maximum Gasteiger partial charge on any atom is 0.174 e. The van der Waals surface area contributed by atoms with Crippen LogP contribution in [-0.2, 0) is 6.42 Å². The Morgan fingerprint density at radius 1 is 1.50 bits per heavy atom. The lowest BCUT2D eigenvalue weighted by molar-refractivity contribution is 0.198. The van der Waals surface area contributed by atoms with Gasteiger partial charge in [0.15, 0.2) is 4.34 Å². The lowest BCUT2D eigenvalue weighted by Gasteiger charge is -2.06. The van der Waals surface area contributed by atoms with Crippen LogP contribution in [0, 0.1) is 5.82 Å². The molecule has 0 amide bonds. The summed E-state index contributed by atoms with van der Waals surface area (Å²) in [7, 11) is 0. The zero-order valence-electron chi connectivity index (χ0n) is 10.1. The van der Waals surface area contributed by atoms with E-state index in [0.29, 0.717) is 10.5 Å². The van der Waals surface area contributed by atoms with Gasteiger partial charge in [-0.05, 0) is 36.2 Å². The van der Waals surface area contributed by atoms with Crippen LogP contribution in [0.5, 0.6) is 0 Å². The summed E-state index contributed by atoms with van der Waals surface area (Å²) in [5, 5.41) is 9.37. The van der Waals surface area contributed by atoms with Gasteiger partial charge in [0, 0.05) is 6.42 Å². The molecule has 0 spiro atoms. The van der Waals surface area contributed by atoms with E-state index in [9.17, 15) is 9.50 Å². The molecule has 1 atom stereocenters. The first-order valence-electron chi connectivity index (χ1n) is 5.58. The normalized spacial score (nSPS) is 12.7. The molecule has 0 saturated heterocycles. The number of aryl methyl sites for hydroxylation is 1. The smallest absolute Gasteiger partial charge is 0.174 e. The molecule has 96 valence electrons. The third kappa shape index (κ3) is 3.07. The van der Waals surface area contributed by atoms with Crippen molar-refractivity contribution in [2.24, 2.45) is 0 Å². The fourth-order valence-corrected chi connectivity index (χ4v) is 3.04. The van der Waals surface area contributed by atoms with Crippen LogP contribution < -0.4 is 0 Å². The number of aromatic nitrogens is 2. The number of rotatable bonds is 4. The van der Waals surface area contributed by atoms with Crippen molar-refractivity contribution in [2.45, 2.75) is 35.6 Å². The van der Waals surface area contributed by atoms with Crippen LogP contribution in [0.25, 0.3) is 0 Å². The van der Waals surface area contributed by atoms with Crippen LogP contribution in [0.15, 0.2) is 27.4 Å². The van der Waals surface area contributed by atoms with Gasteiger partial charge < -0.3 is 5.11 Å². The molecule has 6 heteroatoms. The van der Waals surface area contributed by atoms with Gasteiger partial charge in [-0.1, -0.05) is 24.8 Å². The van der Waals surface area contributed by atoms with Gasteiger partial charge in [-0.15, -0.1) is 0 Å². The number of halogens is 1. The molecule has 0 aliphatic rings. The number of benzene rings is 1. The quantitative estimate of drug-likeness (QED) is 0.934. The molecule has 0 aliphatic heterocycles. The summed E-state index contributed by atoms with van der Waals surface area (Å²) >= 11 is 2.53. The largest absolute Gasteiger partial charge is 0.389 e. The second-order valence-electron chi connectivity index (χ2n) is 3.80. The van der Waals surface area contributed by atoms with E-state index in [1.807, 2.05) is 6.92 Å². The van der Waals surface area contributed by atoms with Gasteiger partial charge in [0.25, 0.3) is 0 Å². The third-order valence-electron chi connectivity index (χ3n) is 2.40. The van der Waals surface area contributed by atoms with Crippen LogP contribution in [0.2, 0.25) is 0 Å². The lowest BCUT2D eigenvalue weighted by Crippen LogP contribution is -1.92. The van der Waals surface area contributed by atoms with E-state index in [1.165, 1.54) is 29.4 Å². The molecule has 0 bridgehead atoms. The van der Waals surface area contributed by atoms with Crippen LogP contribution in [-0.4, -0.2) is 14.5 Å². The molecule has 0 fully saturated rings. The molecule has 2 aromatic rings. The Bertz CT molecular complexity index is 543. The first-order chi connectivity index (χ1) is 8.60. The highest BCUT2D eigenvalue weighted by Gasteiger charge is 2.11. The van der Waals surface area contributed by atoms with Crippen molar-refractivity contribution in [1.82, 2.24) is 9.36 Å². The van der Waals surface area contributed by atoms with Crippen molar-refractivity contribution < 1.29 is 9.50 Å². The minimum atomic E-state index is -0.660. The van der Waals surface area contributed by atoms with E-state index >= 15 is 0 Å². The van der Waals surface area contributed by atoms with Crippen molar-refractivity contribution in [3.8, 4) is 0 Å². The van der Waals surface area contributed by atoms with Gasteiger partial charge in [-0.3, -0.25) is 0 Å². The molecule has 2 rings (SSSR count). The zero-order chi connectivity index (χ0) is 13.1. The van der Waals surface area contributed by atoms with Crippen molar-refractivity contribution >= 4 is 23.3 Å². The Balaban J connectivity index is 2.19. The first kappa shape index (κ1) is 13.5. The molecule has 0 aliphatic carbocycles. The molecular weight excluding hydrogens is 271 g/mol. The van der Waals surface area contributed by atoms with Gasteiger partial charge in [-0.25, -0.2) is 9.37 Å². The molecule has 18 heavy (non-hydrogen) atoms. The summed E-state index contributed by atoms with van der Waals surface area (Å²) in [6.45, 7) is 3.59. The Labute approximate surface area is 113 Å². The zero-order valence-corrected chi connectivity index (χ0v) is 11.7. The van der Waals surface area contributed by atoms with E-state index < -0.39 is 6.10 Å². The fraction of sp³-hybridized carbons (Fsp3) is 0.333. The van der Waals surface area contributed by atoms with Crippen molar-refractivity contribution in [3.63, 3.8) is 0 Å². The molecule has 1 N–H and O–H groups in total. The second kappa shape index (κ2) is 5.77. The van der Waals surface area contributed by atoms with Crippen LogP contribution in [0.4, 0.5) is 4.39 Å². The van der Waals surface area contributed by atoms with Crippen molar-refractivity contribution in [2.75, 3.05) is 0 Å². The lowest BCUT2D eigenvalue weighted by atomic mass is 10.1. The Morgan fingerprint density at radius 2 is 2.28 bits per heavy atom. The molecular formula is C12H13FN2OS2. The standard InChI is InChI=1S/C12H13FN2OS2/c1-3-11-14-12(18-15-11)17-10-5-4-8(7(2)16)6-9(10)13/h4-7,16H,3H2,1-2H3/t7-/m1/s1. The van der Waals surface area contributed by atoms with E-state index in [-0.39, 0.29) is 5.82 Å². The summed E-state index contributed by atoms with van der Waals surface area (Å²) < 4.78 is 18.7. The Morgan fingerprint density at radius 3 is 2.83 bits per heavy atom. The van der Waals surface area contributed by atoms with E-state index in [0.717, 1.165) is 16.6 Å². The van der Waals surface area contributed by atoms with Gasteiger partial charge in [0.2, 0.25) is 0 Å². The molecule has 0 radical (unpaired) electrons. The number of hydrogen-bond donors (Lipinski definition) is 1. The van der Waals surface area contributed by atoms with Crippen LogP contribution in [0.1, 0.15) is 31.3 Å². The summed E-state index contributed by atoms with van der Waals surface area (Å²) in [6.07, 6.45) is 0.118. The van der Waals surface area contributed by atoms with Gasteiger partial charge in [0.05, 0.1) is 11.0 Å². The number of hydrogen-bond acceptors (Lipinski definition) is 5. The van der Waals surface area contributed by atoms with Crippen LogP contribution in [0.3, 0.4) is 0 Å². The minimum Gasteiger partial charge on any atom is -0.389 e. The summed E-state index contributed by atoms with van der Waals surface area (Å²) in [4.78, 5) is 4.78. The summed E-state index contributed by atoms with van der Waals surface area (Å²) in [5.74, 6) is 0.440. The topological polar surface area (TPSA) is 46.0 Å². The van der Waals surface area contributed by atoms with E-state index in [1.54, 1.807) is 19.1 Å². The molecule has 1 aromatic carbocycles. The molecule has 0 unspecified atom stereocenters. The highest BCUT2D eigenvalue weighted by atomic mass is 32.2. The first-order valence-corrected chi connectivity index (χ1v) is 7.17. The fourth-order valence-electron chi connectivity index (χ4n) is 1.38. The molecule has 3 nitrogen and oxygen atoms in total. The van der Waals surface area contributed by atoms with Gasteiger partial charge >= 0.3 is 0 Å². The Hall–Kier alpha value is -0.980. The molecule has 1 heterocycles. The maximum absolute atomic E-state index is 13.8. The molecule has 1 aromatic heterocycles. The number of aliphatic hydroxyl groups excluding tert-OH is 1. The average molecular weight is 284 g/mol. The van der Waals surface area contributed by atoms with E-state index in [2.05, 4.69) is 9.36 Å². The summed E-state index contributed by atoms with van der Waals surface area (Å²) in [6, 6.07) is 4.74. The Kier molecular flexibility index (Phi) is 4.31. The number of nitrogens with zero attached hydrogens (tertiary/aromatic N) is 2. The predicted molar refractivity (Wildman–Crippen MR) is 70.4 cm³/mol. The monoisotopic (exact) mass is 284 g/mol. The SMILES string of the molecule is CCc1nsc(Sc2ccc([C@@H](C)O)cc2F)n1. The molecule has 0 saturated carbocycles. The highest BCUT2D eigenvalue weighted by molar-refractivity contribution is 8.01. The van der Waals surface area contributed by atoms with E-state index in [4.69, 9.17) is 0 Å². The number of aliphatic hydroxyl groups is 1. The minimum absolute atomic E-state index is 0.341. The second-order valence-corrected chi connectivity index (χ2v) is 5.84. The maximum atomic E-state index is 13.8. The van der Waals surface area contributed by atoms with Crippen molar-refractivity contribution in [1.29, 1.82) is 0 Å². The third-order valence-corrected chi connectivity index (χ3v) is 4.24. The van der Waals surface area contributed by atoms with Gasteiger partial charge in [-0.2, -0.15) is 4.37 Å². The summed E-state index contributed by atoms with van der Waals surface area (Å²) in [5.41, 5.74) is 0.573. The van der Waals surface area contributed by atoms with Gasteiger partial charge in [0.1, 0.15) is 11.6 Å². The highest BCUT2D eigenvalue weighted by Crippen LogP contribution is 2.32. The van der Waals surface area contributed by atoms with Crippen LogP contribution >= 0.6 is 23.3 Å². The predicted octanol–water partition coefficient (Wildman–Crippen LogP) is 3.44. The average Bonchev–Trinajstić information content (AvgIpc) is 2.79. The van der Waals surface area contributed by atoms with Crippen molar-refractivity contribution in [3.05, 3.63) is 35.4 Å².